The van der Waals surface area contributed by atoms with Crippen LogP contribution in [0.15, 0.2) is 71.3 Å². The maximum atomic E-state index is 14.1. The molecule has 0 heterocycles. The first kappa shape index (κ1) is 37.7. The molecule has 9 nitrogen and oxygen atoms in total. The van der Waals surface area contributed by atoms with Crippen molar-refractivity contribution >= 4 is 27.7 Å². The number of nitrogens with one attached hydrogen (secondary N) is 3. The van der Waals surface area contributed by atoms with Crippen molar-refractivity contribution in [2.75, 3.05) is 13.6 Å². The van der Waals surface area contributed by atoms with Gasteiger partial charge in [0, 0.05) is 18.2 Å². The van der Waals surface area contributed by atoms with E-state index < -0.39 is 44.8 Å². The molecule has 248 valence electrons. The zero-order valence-corrected chi connectivity index (χ0v) is 29.5. The van der Waals surface area contributed by atoms with Gasteiger partial charge in [-0.25, -0.2) is 13.1 Å². The number of aryl methyl sites for hydroxylation is 1. The zero-order valence-electron chi connectivity index (χ0n) is 28.7. The van der Waals surface area contributed by atoms with Crippen LogP contribution in [0.1, 0.15) is 73.4 Å². The first-order chi connectivity index (χ1) is 20.7. The van der Waals surface area contributed by atoms with Gasteiger partial charge in [0.2, 0.25) is 17.7 Å². The predicted molar refractivity (Wildman–Crippen MR) is 180 cm³/mol. The van der Waals surface area contributed by atoms with Crippen LogP contribution in [0.4, 0.5) is 0 Å². The van der Waals surface area contributed by atoms with E-state index in [-0.39, 0.29) is 22.6 Å². The maximum absolute atomic E-state index is 14.1. The Hall–Kier alpha value is -3.50. The highest BCUT2D eigenvalue weighted by molar-refractivity contribution is 7.90. The normalized spacial score (nSPS) is 14.8. The molecule has 2 aromatic carbocycles. The number of carbonyl (C=O) groups is 3. The lowest BCUT2D eigenvalue weighted by Gasteiger charge is -2.39. The van der Waals surface area contributed by atoms with E-state index in [1.165, 1.54) is 17.0 Å². The Morgan fingerprint density at radius 2 is 1.42 bits per heavy atom. The summed E-state index contributed by atoms with van der Waals surface area (Å²) in [5.74, 6) is -2.41. The van der Waals surface area contributed by atoms with Crippen LogP contribution in [0.5, 0.6) is 0 Å². The topological polar surface area (TPSA) is 125 Å². The minimum atomic E-state index is -4.07. The van der Waals surface area contributed by atoms with Crippen molar-refractivity contribution < 1.29 is 22.8 Å². The molecule has 0 saturated carbocycles. The summed E-state index contributed by atoms with van der Waals surface area (Å²) >= 11 is 0. The fourth-order valence-corrected chi connectivity index (χ4v) is 6.20. The van der Waals surface area contributed by atoms with Crippen molar-refractivity contribution in [3.05, 3.63) is 77.5 Å². The number of benzene rings is 2. The second kappa shape index (κ2) is 15.2. The Labute approximate surface area is 270 Å². The third-order valence-electron chi connectivity index (χ3n) is 8.02. The number of hydrogen-bond acceptors (Lipinski definition) is 6. The molecular formula is C35H52N4O5S. The monoisotopic (exact) mass is 640 g/mol. The summed E-state index contributed by atoms with van der Waals surface area (Å²) in [7, 11) is -2.45. The summed E-state index contributed by atoms with van der Waals surface area (Å²) in [6.45, 7) is 19.4. The molecule has 1 unspecified atom stereocenters. The highest BCUT2D eigenvalue weighted by Gasteiger charge is 2.41. The van der Waals surface area contributed by atoms with Gasteiger partial charge in [0.05, 0.1) is 16.9 Å². The molecule has 3 amide bonds. The molecule has 0 aliphatic heterocycles. The average molecular weight is 641 g/mol. The minimum absolute atomic E-state index is 0.0101. The van der Waals surface area contributed by atoms with Crippen molar-refractivity contribution in [1.29, 1.82) is 0 Å². The van der Waals surface area contributed by atoms with Crippen LogP contribution < -0.4 is 15.4 Å². The quantitative estimate of drug-likeness (QED) is 0.286. The molecule has 0 saturated heterocycles. The van der Waals surface area contributed by atoms with Crippen LogP contribution in [0.2, 0.25) is 0 Å². The van der Waals surface area contributed by atoms with E-state index in [0.29, 0.717) is 12.2 Å². The zero-order chi connectivity index (χ0) is 34.3. The molecule has 2 aromatic rings. The van der Waals surface area contributed by atoms with E-state index in [4.69, 9.17) is 0 Å². The van der Waals surface area contributed by atoms with Crippen molar-refractivity contribution in [3.8, 4) is 0 Å². The number of rotatable bonds is 13. The first-order valence-corrected chi connectivity index (χ1v) is 16.9. The third kappa shape index (κ3) is 9.74. The predicted octanol–water partition coefficient (Wildman–Crippen LogP) is 4.92. The SMILES string of the molecule is CCN[C@H](C(=O)N[C@H](C(=O)N(C)/C(=C/C(C)C(=O)NS(=O)(=O)c1ccc(C)cc1)C(C)C)C(C)(C)C)C(C)(C)c1ccccc1. The van der Waals surface area contributed by atoms with Crippen LogP contribution in [-0.2, 0) is 29.8 Å². The first-order valence-electron chi connectivity index (χ1n) is 15.5. The van der Waals surface area contributed by atoms with Crippen molar-refractivity contribution in [2.45, 2.75) is 91.6 Å². The molecule has 0 radical (unpaired) electrons. The number of amides is 3. The third-order valence-corrected chi connectivity index (χ3v) is 9.38. The van der Waals surface area contributed by atoms with Crippen LogP contribution in [-0.4, -0.2) is 56.7 Å². The van der Waals surface area contributed by atoms with Gasteiger partial charge in [-0.3, -0.25) is 14.4 Å². The molecule has 3 atom stereocenters. The van der Waals surface area contributed by atoms with E-state index >= 15 is 0 Å². The molecule has 0 aliphatic carbocycles. The summed E-state index contributed by atoms with van der Waals surface area (Å²) in [6, 6.07) is 14.5. The Morgan fingerprint density at radius 1 is 0.867 bits per heavy atom. The van der Waals surface area contributed by atoms with Crippen LogP contribution in [0, 0.1) is 24.2 Å². The molecule has 0 spiro atoms. The van der Waals surface area contributed by atoms with Crippen LogP contribution in [0.25, 0.3) is 0 Å². The van der Waals surface area contributed by atoms with Crippen molar-refractivity contribution in [3.63, 3.8) is 0 Å². The summed E-state index contributed by atoms with van der Waals surface area (Å²) in [6.07, 6.45) is 1.60. The summed E-state index contributed by atoms with van der Waals surface area (Å²) < 4.78 is 27.8. The minimum Gasteiger partial charge on any atom is -0.342 e. The lowest BCUT2D eigenvalue weighted by atomic mass is 9.76. The highest BCUT2D eigenvalue weighted by Crippen LogP contribution is 2.29. The molecule has 3 N–H and O–H groups in total. The number of allylic oxidation sites excluding steroid dienone is 1. The summed E-state index contributed by atoms with van der Waals surface area (Å²) in [5.41, 5.74) is 1.19. The molecule has 0 aromatic heterocycles. The van der Waals surface area contributed by atoms with Gasteiger partial charge < -0.3 is 15.5 Å². The van der Waals surface area contributed by atoms with E-state index in [1.54, 1.807) is 32.2 Å². The fourth-order valence-electron chi connectivity index (χ4n) is 5.13. The van der Waals surface area contributed by atoms with Gasteiger partial charge in [0.1, 0.15) is 6.04 Å². The van der Waals surface area contributed by atoms with E-state index in [0.717, 1.165) is 11.1 Å². The average Bonchev–Trinajstić information content (AvgIpc) is 2.96. The van der Waals surface area contributed by atoms with Gasteiger partial charge >= 0.3 is 0 Å². The number of carbonyl (C=O) groups excluding carboxylic acids is 3. The van der Waals surface area contributed by atoms with Crippen LogP contribution in [0.3, 0.4) is 0 Å². The molecule has 0 aliphatic rings. The van der Waals surface area contributed by atoms with E-state index in [1.807, 2.05) is 92.6 Å². The van der Waals surface area contributed by atoms with E-state index in [2.05, 4.69) is 15.4 Å². The standard InChI is InChI=1S/C35H52N4O5S/c1-12-36-29(35(9,10)26-16-14-13-15-17-26)32(41)37-30(34(6,7)8)33(42)39(11)28(23(2)3)22-25(5)31(40)38-45(43,44)27-20-18-24(4)19-21-27/h13-23,25,29-30,36H,12H2,1-11H3,(H,37,41)(H,38,40)/b28-22+/t25?,29-,30-/m1/s1. The Bertz CT molecular complexity index is 1460. The van der Waals surface area contributed by atoms with Gasteiger partial charge in [0.25, 0.3) is 10.0 Å². The number of hydrogen-bond donors (Lipinski definition) is 3. The molecule has 45 heavy (non-hydrogen) atoms. The summed E-state index contributed by atoms with van der Waals surface area (Å²) in [5, 5.41) is 6.36. The largest absolute Gasteiger partial charge is 0.342 e. The Balaban J connectivity index is 2.35. The lowest BCUT2D eigenvalue weighted by Crippen LogP contribution is -2.61. The fraction of sp³-hybridized carbons (Fsp3) is 0.514. The smallest absolute Gasteiger partial charge is 0.264 e. The second-order valence-corrected chi connectivity index (χ2v) is 15.3. The van der Waals surface area contributed by atoms with Gasteiger partial charge in [-0.2, -0.15) is 0 Å². The lowest BCUT2D eigenvalue weighted by molar-refractivity contribution is -0.138. The molecular weight excluding hydrogens is 588 g/mol. The van der Waals surface area contributed by atoms with E-state index in [9.17, 15) is 22.8 Å². The molecule has 2 rings (SSSR count). The van der Waals surface area contributed by atoms with Gasteiger partial charge in [-0.1, -0.05) is 109 Å². The van der Waals surface area contributed by atoms with Crippen molar-refractivity contribution in [1.82, 2.24) is 20.3 Å². The number of sulfonamides is 1. The number of likely N-dealkylation sites (N-methyl/N-ethyl adjacent to an activating group) is 2. The van der Waals surface area contributed by atoms with Crippen LogP contribution >= 0.6 is 0 Å². The molecule has 10 heteroatoms. The second-order valence-electron chi connectivity index (χ2n) is 13.6. The number of nitrogens with zero attached hydrogens (tertiary/aromatic N) is 1. The van der Waals surface area contributed by atoms with Gasteiger partial charge in [-0.05, 0) is 49.4 Å². The summed E-state index contributed by atoms with van der Waals surface area (Å²) in [4.78, 5) is 42.5. The van der Waals surface area contributed by atoms with Gasteiger partial charge in [0.15, 0.2) is 0 Å². The molecule has 0 bridgehead atoms. The maximum Gasteiger partial charge on any atom is 0.264 e. The molecule has 0 fully saturated rings. The Kier molecular flexibility index (Phi) is 12.7. The van der Waals surface area contributed by atoms with Gasteiger partial charge in [-0.15, -0.1) is 0 Å². The van der Waals surface area contributed by atoms with Crippen molar-refractivity contribution in [2.24, 2.45) is 17.3 Å². The Morgan fingerprint density at radius 3 is 1.91 bits per heavy atom. The highest BCUT2D eigenvalue weighted by atomic mass is 32.2.